The van der Waals surface area contributed by atoms with Crippen molar-refractivity contribution in [2.75, 3.05) is 20.6 Å². The SMILES string of the molecule is Cc1csc(=O)n1CC(=O)NCC(c1ccccc1)N(C)C. The fraction of sp³-hybridized carbons (Fsp3) is 0.375. The molecular weight excluding hydrogens is 298 g/mol. The van der Waals surface area contributed by atoms with Crippen LogP contribution < -0.4 is 10.2 Å². The van der Waals surface area contributed by atoms with E-state index < -0.39 is 0 Å². The molecule has 1 N–H and O–H groups in total. The second-order valence-electron chi connectivity index (χ2n) is 5.42. The molecule has 0 fully saturated rings. The lowest BCUT2D eigenvalue weighted by Crippen LogP contribution is -2.37. The van der Waals surface area contributed by atoms with E-state index in [4.69, 9.17) is 0 Å². The average Bonchev–Trinajstić information content (AvgIpc) is 2.80. The van der Waals surface area contributed by atoms with Gasteiger partial charge >= 0.3 is 4.87 Å². The predicted octanol–water partition coefficient (Wildman–Crippen LogP) is 1.64. The Morgan fingerprint density at radius 1 is 1.32 bits per heavy atom. The van der Waals surface area contributed by atoms with E-state index in [1.54, 1.807) is 5.38 Å². The lowest BCUT2D eigenvalue weighted by molar-refractivity contribution is -0.121. The molecule has 0 spiro atoms. The molecular formula is C16H21N3O2S. The molecule has 1 aromatic heterocycles. The van der Waals surface area contributed by atoms with Gasteiger partial charge in [-0.2, -0.15) is 0 Å². The van der Waals surface area contributed by atoms with Crippen molar-refractivity contribution in [1.29, 1.82) is 0 Å². The summed E-state index contributed by atoms with van der Waals surface area (Å²) in [5.74, 6) is -0.147. The molecule has 0 bridgehead atoms. The van der Waals surface area contributed by atoms with Crippen LogP contribution in [-0.4, -0.2) is 36.0 Å². The van der Waals surface area contributed by atoms with Crippen LogP contribution in [0.15, 0.2) is 40.5 Å². The summed E-state index contributed by atoms with van der Waals surface area (Å²) in [4.78, 5) is 25.7. The maximum Gasteiger partial charge on any atom is 0.307 e. The Hall–Kier alpha value is -1.92. The van der Waals surface area contributed by atoms with Gasteiger partial charge < -0.3 is 10.2 Å². The third kappa shape index (κ3) is 4.05. The van der Waals surface area contributed by atoms with Crippen LogP contribution in [0.2, 0.25) is 0 Å². The number of aromatic nitrogens is 1. The fourth-order valence-electron chi connectivity index (χ4n) is 2.28. The van der Waals surface area contributed by atoms with E-state index >= 15 is 0 Å². The highest BCUT2D eigenvalue weighted by molar-refractivity contribution is 7.07. The average molecular weight is 319 g/mol. The first-order chi connectivity index (χ1) is 10.5. The molecule has 2 rings (SSSR count). The minimum Gasteiger partial charge on any atom is -0.353 e. The quantitative estimate of drug-likeness (QED) is 0.880. The number of hydrogen-bond donors (Lipinski definition) is 1. The van der Waals surface area contributed by atoms with Crippen LogP contribution in [0.25, 0.3) is 0 Å². The molecule has 0 aliphatic rings. The number of carbonyl (C=O) groups is 1. The first-order valence-corrected chi connectivity index (χ1v) is 8.00. The second kappa shape index (κ2) is 7.38. The number of nitrogens with one attached hydrogen (secondary N) is 1. The van der Waals surface area contributed by atoms with Gasteiger partial charge in [-0.05, 0) is 26.6 Å². The molecule has 0 radical (unpaired) electrons. The summed E-state index contributed by atoms with van der Waals surface area (Å²) in [6, 6.07) is 10.1. The number of likely N-dealkylation sites (N-methyl/N-ethyl adjacent to an activating group) is 1. The Morgan fingerprint density at radius 3 is 2.55 bits per heavy atom. The number of aryl methyl sites for hydroxylation is 1. The van der Waals surface area contributed by atoms with Gasteiger partial charge in [-0.15, -0.1) is 0 Å². The van der Waals surface area contributed by atoms with Crippen LogP contribution in [0.1, 0.15) is 17.3 Å². The number of amides is 1. The van der Waals surface area contributed by atoms with Gasteiger partial charge in [-0.25, -0.2) is 0 Å². The Balaban J connectivity index is 1.98. The lowest BCUT2D eigenvalue weighted by Gasteiger charge is -2.25. The molecule has 0 aliphatic carbocycles. The number of rotatable bonds is 6. The monoisotopic (exact) mass is 319 g/mol. The molecule has 6 heteroatoms. The predicted molar refractivity (Wildman–Crippen MR) is 89.2 cm³/mol. The maximum absolute atomic E-state index is 12.1. The lowest BCUT2D eigenvalue weighted by atomic mass is 10.1. The number of thiazole rings is 1. The zero-order chi connectivity index (χ0) is 16.1. The van der Waals surface area contributed by atoms with Crippen LogP contribution >= 0.6 is 11.3 Å². The molecule has 1 atom stereocenters. The molecule has 0 saturated carbocycles. The molecule has 1 unspecified atom stereocenters. The normalized spacial score (nSPS) is 12.4. The topological polar surface area (TPSA) is 54.3 Å². The largest absolute Gasteiger partial charge is 0.353 e. The summed E-state index contributed by atoms with van der Waals surface area (Å²) in [5, 5.41) is 4.69. The van der Waals surface area contributed by atoms with E-state index in [0.29, 0.717) is 6.54 Å². The van der Waals surface area contributed by atoms with Gasteiger partial charge in [0.25, 0.3) is 0 Å². The van der Waals surface area contributed by atoms with Gasteiger partial charge in [-0.3, -0.25) is 14.2 Å². The van der Waals surface area contributed by atoms with Gasteiger partial charge in [0.2, 0.25) is 5.91 Å². The minimum atomic E-state index is -0.147. The van der Waals surface area contributed by atoms with Crippen molar-refractivity contribution in [3.63, 3.8) is 0 Å². The van der Waals surface area contributed by atoms with Crippen LogP contribution in [0.3, 0.4) is 0 Å². The summed E-state index contributed by atoms with van der Waals surface area (Å²) in [6.07, 6.45) is 0. The van der Waals surface area contributed by atoms with E-state index in [1.807, 2.05) is 51.4 Å². The molecule has 118 valence electrons. The van der Waals surface area contributed by atoms with Crippen molar-refractivity contribution in [3.8, 4) is 0 Å². The van der Waals surface area contributed by atoms with Gasteiger partial charge in [0.05, 0.1) is 6.04 Å². The van der Waals surface area contributed by atoms with Gasteiger partial charge in [0.15, 0.2) is 0 Å². The molecule has 1 aromatic carbocycles. The Morgan fingerprint density at radius 2 is 2.00 bits per heavy atom. The summed E-state index contributed by atoms with van der Waals surface area (Å²) in [5.41, 5.74) is 1.97. The van der Waals surface area contributed by atoms with Crippen molar-refractivity contribution >= 4 is 17.2 Å². The fourth-order valence-corrected chi connectivity index (χ4v) is 3.01. The van der Waals surface area contributed by atoms with E-state index in [-0.39, 0.29) is 23.4 Å². The Kier molecular flexibility index (Phi) is 5.51. The number of nitrogens with zero attached hydrogens (tertiary/aromatic N) is 2. The molecule has 5 nitrogen and oxygen atoms in total. The highest BCUT2D eigenvalue weighted by Crippen LogP contribution is 2.16. The smallest absolute Gasteiger partial charge is 0.307 e. The van der Waals surface area contributed by atoms with Crippen molar-refractivity contribution in [1.82, 2.24) is 14.8 Å². The molecule has 2 aromatic rings. The molecule has 1 heterocycles. The summed E-state index contributed by atoms with van der Waals surface area (Å²) in [7, 11) is 3.97. The van der Waals surface area contributed by atoms with Crippen LogP contribution in [0, 0.1) is 6.92 Å². The second-order valence-corrected chi connectivity index (χ2v) is 6.24. The van der Waals surface area contributed by atoms with Crippen molar-refractivity contribution in [2.45, 2.75) is 19.5 Å². The summed E-state index contributed by atoms with van der Waals surface area (Å²) >= 11 is 1.12. The third-order valence-electron chi connectivity index (χ3n) is 3.58. The van der Waals surface area contributed by atoms with Gasteiger partial charge in [0, 0.05) is 17.6 Å². The first-order valence-electron chi connectivity index (χ1n) is 7.12. The zero-order valence-electron chi connectivity index (χ0n) is 13.1. The summed E-state index contributed by atoms with van der Waals surface area (Å²) in [6.45, 7) is 2.41. The highest BCUT2D eigenvalue weighted by atomic mass is 32.1. The van der Waals surface area contributed by atoms with Crippen LogP contribution in [0.4, 0.5) is 0 Å². The number of benzene rings is 1. The first kappa shape index (κ1) is 16.5. The van der Waals surface area contributed by atoms with Crippen molar-refractivity contribution in [2.24, 2.45) is 0 Å². The molecule has 1 amide bonds. The molecule has 0 aliphatic heterocycles. The Labute approximate surface area is 134 Å². The Bertz CT molecular complexity index is 676. The standard InChI is InChI=1S/C16H21N3O2S/c1-12-11-22-16(21)19(12)10-15(20)17-9-14(18(2)3)13-7-5-4-6-8-13/h4-8,11,14H,9-10H2,1-3H3,(H,17,20). The van der Waals surface area contributed by atoms with E-state index in [0.717, 1.165) is 22.6 Å². The van der Waals surface area contributed by atoms with Gasteiger partial charge in [0.1, 0.15) is 6.54 Å². The van der Waals surface area contributed by atoms with Crippen LogP contribution in [0.5, 0.6) is 0 Å². The molecule has 22 heavy (non-hydrogen) atoms. The number of carbonyl (C=O) groups excluding carboxylic acids is 1. The van der Waals surface area contributed by atoms with Crippen molar-refractivity contribution < 1.29 is 4.79 Å². The van der Waals surface area contributed by atoms with Crippen LogP contribution in [-0.2, 0) is 11.3 Å². The van der Waals surface area contributed by atoms with E-state index in [2.05, 4.69) is 10.2 Å². The van der Waals surface area contributed by atoms with E-state index in [1.165, 1.54) is 4.57 Å². The van der Waals surface area contributed by atoms with E-state index in [9.17, 15) is 9.59 Å². The zero-order valence-corrected chi connectivity index (χ0v) is 13.9. The van der Waals surface area contributed by atoms with Crippen molar-refractivity contribution in [3.05, 3.63) is 56.6 Å². The number of hydrogen-bond acceptors (Lipinski definition) is 4. The summed E-state index contributed by atoms with van der Waals surface area (Å²) < 4.78 is 1.49. The third-order valence-corrected chi connectivity index (χ3v) is 4.46. The van der Waals surface area contributed by atoms with Gasteiger partial charge in [-0.1, -0.05) is 41.7 Å². The molecule has 0 saturated heterocycles. The minimum absolute atomic E-state index is 0.0725. The maximum atomic E-state index is 12.1. The highest BCUT2D eigenvalue weighted by Gasteiger charge is 2.15.